The molecule has 1 aromatic rings. The van der Waals surface area contributed by atoms with Crippen LogP contribution in [-0.2, 0) is 10.0 Å². The lowest BCUT2D eigenvalue weighted by Crippen LogP contribution is -2.40. The number of hydrogen-bond acceptors (Lipinski definition) is 4. The summed E-state index contributed by atoms with van der Waals surface area (Å²) in [5.41, 5.74) is 0. The molecule has 2 rings (SSSR count). The van der Waals surface area contributed by atoms with Gasteiger partial charge >= 0.3 is 0 Å². The number of nitrogens with one attached hydrogen (secondary N) is 1. The smallest absolute Gasteiger partial charge is 0.243 e. The average molecular weight is 377 g/mol. The molecule has 0 amide bonds. The first kappa shape index (κ1) is 16.7. The number of halogens is 1. The first-order valence-electron chi connectivity index (χ1n) is 6.96. The molecule has 1 aliphatic rings. The van der Waals surface area contributed by atoms with Crippen LogP contribution in [0.5, 0.6) is 5.75 Å². The van der Waals surface area contributed by atoms with Gasteiger partial charge in [0.05, 0.1) is 12.0 Å². The van der Waals surface area contributed by atoms with Gasteiger partial charge in [0.15, 0.2) is 0 Å². The maximum absolute atomic E-state index is 12.7. The van der Waals surface area contributed by atoms with Crippen LogP contribution in [0.25, 0.3) is 0 Å². The maximum Gasteiger partial charge on any atom is 0.243 e. The number of methoxy groups -OCH3 is 1. The van der Waals surface area contributed by atoms with Crippen LogP contribution in [0.15, 0.2) is 27.6 Å². The first-order valence-corrected chi connectivity index (χ1v) is 9.20. The number of piperidine rings is 1. The van der Waals surface area contributed by atoms with Crippen molar-refractivity contribution in [3.05, 3.63) is 22.7 Å². The van der Waals surface area contributed by atoms with E-state index in [1.54, 1.807) is 22.5 Å². The Labute approximate surface area is 134 Å². The number of rotatable bonds is 5. The monoisotopic (exact) mass is 376 g/mol. The topological polar surface area (TPSA) is 58.6 Å². The third-order valence-electron chi connectivity index (χ3n) is 3.78. The summed E-state index contributed by atoms with van der Waals surface area (Å²) in [6.07, 6.45) is 1.79. The normalized spacial score (nSPS) is 17.9. The molecule has 0 saturated carbocycles. The second-order valence-corrected chi connectivity index (χ2v) is 8.09. The maximum atomic E-state index is 12.7. The predicted molar refractivity (Wildman–Crippen MR) is 86.1 cm³/mol. The Kier molecular flexibility index (Phi) is 5.65. The van der Waals surface area contributed by atoms with Crippen LogP contribution < -0.4 is 10.1 Å². The Balaban J connectivity index is 2.17. The van der Waals surface area contributed by atoms with Gasteiger partial charge in [0.1, 0.15) is 5.75 Å². The summed E-state index contributed by atoms with van der Waals surface area (Å²) < 4.78 is 32.8. The van der Waals surface area contributed by atoms with E-state index in [4.69, 9.17) is 4.74 Å². The molecule has 1 aromatic carbocycles. The number of benzene rings is 1. The van der Waals surface area contributed by atoms with E-state index in [0.717, 1.165) is 19.4 Å². The van der Waals surface area contributed by atoms with Crippen LogP contribution in [-0.4, -0.2) is 46.5 Å². The van der Waals surface area contributed by atoms with Crippen molar-refractivity contribution >= 4 is 26.0 Å². The number of nitrogens with zero attached hydrogens (tertiary/aromatic N) is 1. The summed E-state index contributed by atoms with van der Waals surface area (Å²) >= 11 is 3.33. The highest BCUT2D eigenvalue weighted by Crippen LogP contribution is 2.28. The second kappa shape index (κ2) is 7.09. The van der Waals surface area contributed by atoms with E-state index in [9.17, 15) is 8.42 Å². The van der Waals surface area contributed by atoms with Crippen LogP contribution in [0.4, 0.5) is 0 Å². The van der Waals surface area contributed by atoms with E-state index in [0.29, 0.717) is 29.2 Å². The highest BCUT2D eigenvalue weighted by molar-refractivity contribution is 9.10. The molecule has 0 atom stereocenters. The molecule has 0 radical (unpaired) electrons. The van der Waals surface area contributed by atoms with Crippen molar-refractivity contribution in [1.29, 1.82) is 0 Å². The van der Waals surface area contributed by atoms with E-state index in [2.05, 4.69) is 21.2 Å². The predicted octanol–water partition coefficient (Wildman–Crippen LogP) is 2.08. The standard InChI is InChI=1S/C14H21BrN2O3S/c1-16-10-11-3-5-17(6-4-11)21(18,19)14-8-12(15)7-13(9-14)20-2/h7-9,11,16H,3-6,10H2,1-2H3. The zero-order chi connectivity index (χ0) is 15.5. The molecule has 1 saturated heterocycles. The van der Waals surface area contributed by atoms with E-state index in [1.165, 1.54) is 7.11 Å². The minimum atomic E-state index is -3.45. The van der Waals surface area contributed by atoms with Crippen molar-refractivity contribution in [3.63, 3.8) is 0 Å². The van der Waals surface area contributed by atoms with Crippen molar-refractivity contribution < 1.29 is 13.2 Å². The van der Waals surface area contributed by atoms with Crippen LogP contribution in [0.3, 0.4) is 0 Å². The molecule has 1 fully saturated rings. The third-order valence-corrected chi connectivity index (χ3v) is 6.12. The van der Waals surface area contributed by atoms with Gasteiger partial charge in [-0.15, -0.1) is 0 Å². The molecule has 0 spiro atoms. The molecule has 0 unspecified atom stereocenters. The fraction of sp³-hybridized carbons (Fsp3) is 0.571. The lowest BCUT2D eigenvalue weighted by Gasteiger charge is -2.31. The zero-order valence-corrected chi connectivity index (χ0v) is 14.7. The molecule has 0 aromatic heterocycles. The minimum absolute atomic E-state index is 0.279. The molecule has 1 N–H and O–H groups in total. The molecule has 1 aliphatic heterocycles. The minimum Gasteiger partial charge on any atom is -0.497 e. The molecular weight excluding hydrogens is 356 g/mol. The quantitative estimate of drug-likeness (QED) is 0.854. The Morgan fingerprint density at radius 2 is 2.00 bits per heavy atom. The Bertz CT molecular complexity index is 584. The third kappa shape index (κ3) is 3.97. The average Bonchev–Trinajstić information content (AvgIpc) is 2.47. The second-order valence-electron chi connectivity index (χ2n) is 5.23. The van der Waals surface area contributed by atoms with Crippen molar-refractivity contribution in [2.24, 2.45) is 5.92 Å². The van der Waals surface area contributed by atoms with Crippen molar-refractivity contribution in [2.45, 2.75) is 17.7 Å². The fourth-order valence-corrected chi connectivity index (χ4v) is 4.75. The van der Waals surface area contributed by atoms with Crippen molar-refractivity contribution in [2.75, 3.05) is 33.8 Å². The highest BCUT2D eigenvalue weighted by atomic mass is 79.9. The van der Waals surface area contributed by atoms with E-state index in [1.807, 2.05) is 7.05 Å². The van der Waals surface area contributed by atoms with Gasteiger partial charge in [0.25, 0.3) is 0 Å². The molecule has 0 bridgehead atoms. The number of ether oxygens (including phenoxy) is 1. The Hall–Kier alpha value is -0.630. The first-order chi connectivity index (χ1) is 9.97. The van der Waals surface area contributed by atoms with Gasteiger partial charge in [0, 0.05) is 23.6 Å². The van der Waals surface area contributed by atoms with Gasteiger partial charge in [0.2, 0.25) is 10.0 Å². The van der Waals surface area contributed by atoms with E-state index >= 15 is 0 Å². The molecular formula is C14H21BrN2O3S. The van der Waals surface area contributed by atoms with Crippen molar-refractivity contribution in [1.82, 2.24) is 9.62 Å². The molecule has 0 aliphatic carbocycles. The SMILES string of the molecule is CNCC1CCN(S(=O)(=O)c2cc(Br)cc(OC)c2)CC1. The Morgan fingerprint density at radius 3 is 2.57 bits per heavy atom. The largest absolute Gasteiger partial charge is 0.497 e. The fourth-order valence-electron chi connectivity index (χ4n) is 2.60. The van der Waals surface area contributed by atoms with Gasteiger partial charge in [-0.3, -0.25) is 0 Å². The molecule has 118 valence electrons. The molecule has 5 nitrogen and oxygen atoms in total. The lowest BCUT2D eigenvalue weighted by atomic mass is 9.98. The van der Waals surface area contributed by atoms with Crippen LogP contribution >= 0.6 is 15.9 Å². The van der Waals surface area contributed by atoms with Crippen molar-refractivity contribution in [3.8, 4) is 5.75 Å². The van der Waals surface area contributed by atoms with Gasteiger partial charge in [-0.2, -0.15) is 4.31 Å². The summed E-state index contributed by atoms with van der Waals surface area (Å²) in [6, 6.07) is 4.94. The lowest BCUT2D eigenvalue weighted by molar-refractivity contribution is 0.270. The van der Waals surface area contributed by atoms with Crippen LogP contribution in [0.2, 0.25) is 0 Å². The highest BCUT2D eigenvalue weighted by Gasteiger charge is 2.29. The zero-order valence-electron chi connectivity index (χ0n) is 12.3. The van der Waals surface area contributed by atoms with Crippen LogP contribution in [0, 0.1) is 5.92 Å². The summed E-state index contributed by atoms with van der Waals surface area (Å²) in [5, 5.41) is 3.15. The van der Waals surface area contributed by atoms with E-state index in [-0.39, 0.29) is 4.90 Å². The van der Waals surface area contributed by atoms with Gasteiger partial charge < -0.3 is 10.1 Å². The number of sulfonamides is 1. The summed E-state index contributed by atoms with van der Waals surface area (Å²) in [5.74, 6) is 1.09. The van der Waals surface area contributed by atoms with Gasteiger partial charge in [-0.25, -0.2) is 8.42 Å². The number of hydrogen-bond donors (Lipinski definition) is 1. The Morgan fingerprint density at radius 1 is 1.33 bits per heavy atom. The summed E-state index contributed by atoms with van der Waals surface area (Å²) in [6.45, 7) is 2.09. The molecule has 1 heterocycles. The molecule has 7 heteroatoms. The summed E-state index contributed by atoms with van der Waals surface area (Å²) in [4.78, 5) is 0.279. The van der Waals surface area contributed by atoms with E-state index < -0.39 is 10.0 Å². The van der Waals surface area contributed by atoms with Gasteiger partial charge in [-0.1, -0.05) is 15.9 Å². The van der Waals surface area contributed by atoms with Gasteiger partial charge in [-0.05, 0) is 44.5 Å². The molecule has 21 heavy (non-hydrogen) atoms. The van der Waals surface area contributed by atoms with Crippen LogP contribution in [0.1, 0.15) is 12.8 Å². The summed E-state index contributed by atoms with van der Waals surface area (Å²) in [7, 11) is 0.00408.